The zero-order valence-electron chi connectivity index (χ0n) is 12.2. The van der Waals surface area contributed by atoms with Crippen LogP contribution in [-0.2, 0) is 4.74 Å². The molecule has 0 aromatic heterocycles. The van der Waals surface area contributed by atoms with E-state index in [4.69, 9.17) is 9.47 Å². The van der Waals surface area contributed by atoms with Crippen molar-refractivity contribution in [1.29, 1.82) is 0 Å². The minimum atomic E-state index is -0.335. The Morgan fingerprint density at radius 1 is 1.25 bits per heavy atom. The molecule has 106 valence electrons. The highest BCUT2D eigenvalue weighted by atomic mass is 16.5. The molecular weight excluding hydrogens is 252 g/mol. The first kappa shape index (κ1) is 14.4. The molecular formula is C17H20O3. The minimum absolute atomic E-state index is 0.335. The number of benzene rings is 1. The van der Waals surface area contributed by atoms with Gasteiger partial charge in [0.2, 0.25) is 0 Å². The van der Waals surface area contributed by atoms with E-state index in [2.05, 4.69) is 19.9 Å². The summed E-state index contributed by atoms with van der Waals surface area (Å²) in [7, 11) is 1.59. The van der Waals surface area contributed by atoms with Gasteiger partial charge in [-0.2, -0.15) is 0 Å². The molecule has 2 rings (SSSR count). The lowest BCUT2D eigenvalue weighted by Gasteiger charge is -2.19. The Morgan fingerprint density at radius 3 is 2.55 bits per heavy atom. The lowest BCUT2D eigenvalue weighted by molar-refractivity contribution is 0.0658. The van der Waals surface area contributed by atoms with E-state index in [1.807, 2.05) is 0 Å². The first-order valence-corrected chi connectivity index (χ1v) is 6.81. The third-order valence-electron chi connectivity index (χ3n) is 3.57. The van der Waals surface area contributed by atoms with E-state index in [-0.39, 0.29) is 5.97 Å². The molecule has 3 nitrogen and oxygen atoms in total. The van der Waals surface area contributed by atoms with Crippen LogP contribution < -0.4 is 4.74 Å². The summed E-state index contributed by atoms with van der Waals surface area (Å²) < 4.78 is 10.3. The molecule has 0 fully saturated rings. The number of carbonyl (C=O) groups is 1. The second kappa shape index (κ2) is 6.42. The molecule has 3 heteroatoms. The largest absolute Gasteiger partial charge is 0.497 e. The summed E-state index contributed by atoms with van der Waals surface area (Å²) in [6.07, 6.45) is 5.83. The van der Waals surface area contributed by atoms with Crippen LogP contribution in [0.1, 0.15) is 37.0 Å². The monoisotopic (exact) mass is 272 g/mol. The van der Waals surface area contributed by atoms with Crippen molar-refractivity contribution in [2.75, 3.05) is 7.11 Å². The van der Waals surface area contributed by atoms with Gasteiger partial charge >= 0.3 is 5.97 Å². The molecule has 0 spiro atoms. The second-order valence-electron chi connectivity index (χ2n) is 5.13. The minimum Gasteiger partial charge on any atom is -0.497 e. The van der Waals surface area contributed by atoms with E-state index in [0.29, 0.717) is 11.5 Å². The molecule has 0 saturated heterocycles. The number of ether oxygens (including phenoxy) is 2. The fourth-order valence-corrected chi connectivity index (χ4v) is 2.28. The standard InChI is InChI=1S/C17H20O3/c1-12-4-5-15(13(2)10-12)11-20-17(18)14-6-8-16(19-3)9-7-14/h6-11,13H,4-5H2,1-3H3. The van der Waals surface area contributed by atoms with Crippen LogP contribution in [0, 0.1) is 5.92 Å². The van der Waals surface area contributed by atoms with Gasteiger partial charge in [-0.25, -0.2) is 4.79 Å². The van der Waals surface area contributed by atoms with Crippen molar-refractivity contribution in [3.63, 3.8) is 0 Å². The topological polar surface area (TPSA) is 35.5 Å². The van der Waals surface area contributed by atoms with Crippen LogP contribution >= 0.6 is 0 Å². The maximum Gasteiger partial charge on any atom is 0.342 e. The summed E-state index contributed by atoms with van der Waals surface area (Å²) in [5.74, 6) is 0.729. The fourth-order valence-electron chi connectivity index (χ4n) is 2.28. The Labute approximate surface area is 119 Å². The molecule has 1 aliphatic rings. The van der Waals surface area contributed by atoms with E-state index in [9.17, 15) is 4.79 Å². The Bertz CT molecular complexity index is 538. The van der Waals surface area contributed by atoms with Crippen LogP contribution in [0.2, 0.25) is 0 Å². The van der Waals surface area contributed by atoms with Crippen molar-refractivity contribution in [1.82, 2.24) is 0 Å². The van der Waals surface area contributed by atoms with Gasteiger partial charge in [-0.15, -0.1) is 0 Å². The zero-order valence-corrected chi connectivity index (χ0v) is 12.2. The Hall–Kier alpha value is -2.03. The predicted molar refractivity (Wildman–Crippen MR) is 78.6 cm³/mol. The van der Waals surface area contributed by atoms with E-state index in [0.717, 1.165) is 24.2 Å². The number of hydrogen-bond donors (Lipinski definition) is 0. The van der Waals surface area contributed by atoms with Crippen LogP contribution in [0.5, 0.6) is 5.75 Å². The van der Waals surface area contributed by atoms with Crippen LogP contribution in [0.4, 0.5) is 0 Å². The molecule has 1 unspecified atom stereocenters. The molecule has 1 atom stereocenters. The predicted octanol–water partition coefficient (Wildman–Crippen LogP) is 4.11. The molecule has 1 aliphatic carbocycles. The third kappa shape index (κ3) is 3.50. The van der Waals surface area contributed by atoms with Crippen molar-refractivity contribution in [3.05, 3.63) is 53.3 Å². The molecule has 0 bridgehead atoms. The van der Waals surface area contributed by atoms with Gasteiger partial charge < -0.3 is 9.47 Å². The lowest BCUT2D eigenvalue weighted by atomic mass is 9.88. The first-order chi connectivity index (χ1) is 9.60. The molecule has 0 N–H and O–H groups in total. The van der Waals surface area contributed by atoms with Gasteiger partial charge in [0.05, 0.1) is 18.9 Å². The summed E-state index contributed by atoms with van der Waals surface area (Å²) in [6, 6.07) is 6.90. The maximum atomic E-state index is 11.9. The molecule has 0 radical (unpaired) electrons. The highest BCUT2D eigenvalue weighted by Crippen LogP contribution is 2.27. The third-order valence-corrected chi connectivity index (χ3v) is 3.57. The van der Waals surface area contributed by atoms with Crippen LogP contribution in [-0.4, -0.2) is 13.1 Å². The van der Waals surface area contributed by atoms with E-state index >= 15 is 0 Å². The Morgan fingerprint density at radius 2 is 1.95 bits per heavy atom. The van der Waals surface area contributed by atoms with Gasteiger partial charge in [0.1, 0.15) is 5.75 Å². The summed E-state index contributed by atoms with van der Waals surface area (Å²) in [4.78, 5) is 11.9. The number of methoxy groups -OCH3 is 1. The number of allylic oxidation sites excluding steroid dienone is 3. The normalized spacial score (nSPS) is 20.4. The Balaban J connectivity index is 2.01. The lowest BCUT2D eigenvalue weighted by Crippen LogP contribution is -2.07. The van der Waals surface area contributed by atoms with Gasteiger partial charge in [0.15, 0.2) is 0 Å². The summed E-state index contributed by atoms with van der Waals surface area (Å²) in [5.41, 5.74) is 3.09. The average molecular weight is 272 g/mol. The van der Waals surface area contributed by atoms with E-state index in [1.165, 1.54) is 5.57 Å². The molecule has 1 aromatic rings. The summed E-state index contributed by atoms with van der Waals surface area (Å²) in [6.45, 7) is 4.26. The van der Waals surface area contributed by atoms with Crippen molar-refractivity contribution < 1.29 is 14.3 Å². The smallest absolute Gasteiger partial charge is 0.342 e. The van der Waals surface area contributed by atoms with Crippen molar-refractivity contribution in [2.24, 2.45) is 5.92 Å². The SMILES string of the molecule is COc1ccc(C(=O)OC=C2CCC(C)=CC2C)cc1. The average Bonchev–Trinajstić information content (AvgIpc) is 2.46. The van der Waals surface area contributed by atoms with Gasteiger partial charge in [-0.05, 0) is 55.5 Å². The quantitative estimate of drug-likeness (QED) is 0.472. The van der Waals surface area contributed by atoms with Crippen molar-refractivity contribution in [2.45, 2.75) is 26.7 Å². The molecule has 0 amide bonds. The Kier molecular flexibility index (Phi) is 4.61. The van der Waals surface area contributed by atoms with Crippen LogP contribution in [0.15, 0.2) is 47.7 Å². The zero-order chi connectivity index (χ0) is 14.5. The van der Waals surface area contributed by atoms with Gasteiger partial charge in [-0.1, -0.05) is 18.6 Å². The maximum absolute atomic E-state index is 11.9. The van der Waals surface area contributed by atoms with Gasteiger partial charge in [0.25, 0.3) is 0 Å². The molecule has 0 saturated carbocycles. The fraction of sp³-hybridized carbons (Fsp3) is 0.353. The summed E-state index contributed by atoms with van der Waals surface area (Å²) >= 11 is 0. The number of rotatable bonds is 3. The number of carbonyl (C=O) groups excluding carboxylic acids is 1. The van der Waals surface area contributed by atoms with Crippen molar-refractivity contribution in [3.8, 4) is 5.75 Å². The van der Waals surface area contributed by atoms with Crippen LogP contribution in [0.25, 0.3) is 0 Å². The highest BCUT2D eigenvalue weighted by Gasteiger charge is 2.14. The molecule has 0 heterocycles. The number of esters is 1. The second-order valence-corrected chi connectivity index (χ2v) is 5.13. The first-order valence-electron chi connectivity index (χ1n) is 6.81. The number of hydrogen-bond acceptors (Lipinski definition) is 3. The highest BCUT2D eigenvalue weighted by molar-refractivity contribution is 5.89. The molecule has 20 heavy (non-hydrogen) atoms. The van der Waals surface area contributed by atoms with E-state index < -0.39 is 0 Å². The molecule has 0 aliphatic heterocycles. The van der Waals surface area contributed by atoms with E-state index in [1.54, 1.807) is 37.6 Å². The van der Waals surface area contributed by atoms with Crippen LogP contribution in [0.3, 0.4) is 0 Å². The van der Waals surface area contributed by atoms with Crippen molar-refractivity contribution >= 4 is 5.97 Å². The summed E-state index contributed by atoms with van der Waals surface area (Å²) in [5, 5.41) is 0. The van der Waals surface area contributed by atoms with Gasteiger partial charge in [-0.3, -0.25) is 0 Å². The van der Waals surface area contributed by atoms with Gasteiger partial charge in [0, 0.05) is 0 Å². The molecule has 1 aromatic carbocycles.